The number of anilines is 1. The molecule has 9 atom stereocenters. The lowest BCUT2D eigenvalue weighted by molar-refractivity contribution is -0.438. The Morgan fingerprint density at radius 1 is 0.737 bits per heavy atom. The van der Waals surface area contributed by atoms with Gasteiger partial charge in [-0.25, -0.2) is 4.98 Å². The monoisotopic (exact) mass is 1390 g/mol. The highest BCUT2D eigenvalue weighted by atomic mass is 32.2. The molecule has 2 aromatic carbocycles. The molecule has 1 saturated heterocycles. The summed E-state index contributed by atoms with van der Waals surface area (Å²) < 4.78 is 2.39. The van der Waals surface area contributed by atoms with Crippen molar-refractivity contribution in [1.82, 2.24) is 57.4 Å². The molecule has 1 fully saturated rings. The number of nitrogens with two attached hydrogens (primary N) is 1. The Morgan fingerprint density at radius 3 is 1.96 bits per heavy atom. The minimum atomic E-state index is -1.72. The molecule has 0 spiro atoms. The number of carboxylic acid groups (broad SMARTS) is 1. The molecular formula is C70H97N14O14S+. The number of hydrogen-bond donors (Lipinski definition) is 12. The van der Waals surface area contributed by atoms with E-state index in [1.807, 2.05) is 0 Å². The number of amides is 11. The Morgan fingerprint density at radius 2 is 1.35 bits per heavy atom. The molecule has 1 unspecified atom stereocenters. The van der Waals surface area contributed by atoms with E-state index in [2.05, 4.69) is 177 Å². The molecule has 6 rings (SSSR count). The smallest absolute Gasteiger partial charge is 0.303 e. The number of thioether (sulfide) groups is 1. The van der Waals surface area contributed by atoms with E-state index in [-0.39, 0.29) is 61.3 Å². The highest BCUT2D eigenvalue weighted by Crippen LogP contribution is 2.48. The number of carbonyl (C=O) groups excluding carboxylic acids is 11. The number of allylic oxidation sites excluding steroid dienone is 6. The first-order valence-electron chi connectivity index (χ1n) is 33.3. The van der Waals surface area contributed by atoms with Crippen molar-refractivity contribution in [3.8, 4) is 0 Å². The maximum absolute atomic E-state index is 13.7. The van der Waals surface area contributed by atoms with Crippen LogP contribution in [0.3, 0.4) is 0 Å². The normalized spacial score (nSPS) is 18.2. The lowest BCUT2D eigenvalue weighted by Gasteiger charge is -2.27. The van der Waals surface area contributed by atoms with Crippen molar-refractivity contribution in [3.63, 3.8) is 0 Å². The third-order valence-electron chi connectivity index (χ3n) is 17.7. The standard InChI is InChI=1S/C70H96N14O14S/c1-13-82-52-26-23-39(2)32-47(52)69(9,10)55(82)20-16-14-17-21-56-70(11,12)48-33-40(3)24-27-53(48)83(56)30-19-15-18-22-57(87)73-29-31-84-58(88)35-54(68(84)98)99-37-51(61(71)91)80-64(94)43(6)76-62(92)41(4)75-63(93)42(5)77-67(97)60(44(7)85)81-66(96)50(34-46-36-72-38-74-46)79-65(95)49(78-45(8)86)25-28-59(89)90/h14,16-17,20-21,23-24,26-27,32-33,36,38,41-44,49-51,54,60,85H,13,15,18-19,22,25,28-31,34-35,37H2,1-12H3,(H11-,71,72,73,74,75,76,77,78,79,80,81,86,87,89,90,91,92,93,94,95,96,97)/p+1/t41-,42-,43-,44+,49-,50-,51-,54?,60-/m0/s1. The van der Waals surface area contributed by atoms with Crippen LogP contribution in [0, 0.1) is 13.8 Å². The molecule has 3 aromatic rings. The Hall–Kier alpha value is -9.51. The molecular weight excluding hydrogens is 1290 g/mol. The number of unbranched alkanes of at least 4 members (excludes halogenated alkanes) is 2. The Labute approximate surface area is 581 Å². The van der Waals surface area contributed by atoms with Crippen molar-refractivity contribution in [2.45, 2.75) is 199 Å². The molecule has 1 aromatic heterocycles. The molecule has 0 bridgehead atoms. The van der Waals surface area contributed by atoms with Gasteiger partial charge < -0.3 is 68.4 Å². The number of carboxylic acids is 1. The van der Waals surface area contributed by atoms with Crippen LogP contribution in [0.4, 0.5) is 11.4 Å². The van der Waals surface area contributed by atoms with Gasteiger partial charge in [-0.3, -0.25) is 62.4 Å². The molecule has 0 radical (unpaired) electrons. The molecule has 11 amide bonds. The molecule has 0 saturated carbocycles. The number of imide groups is 1. The predicted octanol–water partition coefficient (Wildman–Crippen LogP) is 2.20. The summed E-state index contributed by atoms with van der Waals surface area (Å²) in [5.41, 5.74) is 15.5. The first-order valence-corrected chi connectivity index (χ1v) is 34.4. The van der Waals surface area contributed by atoms with Crippen LogP contribution in [0.25, 0.3) is 0 Å². The van der Waals surface area contributed by atoms with E-state index in [9.17, 15) is 62.6 Å². The Balaban J connectivity index is 0.915. The average molecular weight is 1390 g/mol. The number of benzene rings is 2. The van der Waals surface area contributed by atoms with E-state index < -0.39 is 125 Å². The van der Waals surface area contributed by atoms with Crippen LogP contribution >= 0.6 is 11.8 Å². The van der Waals surface area contributed by atoms with Crippen LogP contribution in [-0.4, -0.2) is 192 Å². The van der Waals surface area contributed by atoms with Gasteiger partial charge in [0.2, 0.25) is 70.7 Å². The first kappa shape index (κ1) is 78.5. The first-order chi connectivity index (χ1) is 46.7. The number of rotatable bonds is 36. The number of carbonyl (C=O) groups is 12. The number of imidazole rings is 1. The van der Waals surface area contributed by atoms with Gasteiger partial charge in [0.15, 0.2) is 5.71 Å². The van der Waals surface area contributed by atoms with Gasteiger partial charge in [-0.15, -0.1) is 11.8 Å². The number of aryl methyl sites for hydroxylation is 2. The van der Waals surface area contributed by atoms with Crippen LogP contribution < -0.4 is 53.2 Å². The third-order valence-corrected chi connectivity index (χ3v) is 19.0. The summed E-state index contributed by atoms with van der Waals surface area (Å²) in [5, 5.41) is 38.4. The second-order valence-electron chi connectivity index (χ2n) is 26.3. The van der Waals surface area contributed by atoms with Crippen LogP contribution in [0.5, 0.6) is 0 Å². The molecule has 0 aliphatic carbocycles. The molecule has 29 heteroatoms. The van der Waals surface area contributed by atoms with E-state index in [0.29, 0.717) is 12.1 Å². The van der Waals surface area contributed by atoms with Gasteiger partial charge in [0.25, 0.3) is 0 Å². The summed E-state index contributed by atoms with van der Waals surface area (Å²) in [6, 6.07) is 3.33. The Bertz CT molecular complexity index is 3660. The minimum absolute atomic E-state index is 0.0323. The summed E-state index contributed by atoms with van der Waals surface area (Å²) in [4.78, 5) is 165. The van der Waals surface area contributed by atoms with Crippen molar-refractivity contribution >= 4 is 99.8 Å². The number of aromatic amines is 1. The van der Waals surface area contributed by atoms with Gasteiger partial charge >= 0.3 is 5.97 Å². The number of aliphatic carboxylic acids is 1. The average Bonchev–Trinajstić information content (AvgIpc) is 1.60. The fraction of sp³-hybridized carbons (Fsp3) is 0.514. The number of nitrogens with one attached hydrogen (secondary N) is 9. The maximum atomic E-state index is 13.7. The number of aliphatic hydroxyl groups excluding tert-OH is 1. The number of H-pyrrole nitrogens is 1. The molecule has 13 N–H and O–H groups in total. The van der Waals surface area contributed by atoms with Crippen LogP contribution in [-0.2, 0) is 74.8 Å². The number of hydrogen-bond acceptors (Lipinski definition) is 16. The number of fused-ring (bicyclic) bond motifs is 2. The zero-order chi connectivity index (χ0) is 73.2. The molecule has 4 heterocycles. The zero-order valence-corrected chi connectivity index (χ0v) is 59.3. The highest BCUT2D eigenvalue weighted by Gasteiger charge is 2.45. The van der Waals surface area contributed by atoms with E-state index >= 15 is 0 Å². The number of likely N-dealkylation sites (N-methyl/N-ethyl adjacent to an activating group) is 1. The second-order valence-corrected chi connectivity index (χ2v) is 27.6. The van der Waals surface area contributed by atoms with Crippen molar-refractivity contribution in [2.24, 2.45) is 5.73 Å². The number of likely N-dealkylation sites (tertiary alicyclic amines) is 1. The van der Waals surface area contributed by atoms with E-state index in [4.69, 9.17) is 10.8 Å². The largest absolute Gasteiger partial charge is 0.481 e. The molecule has 28 nitrogen and oxygen atoms in total. The van der Waals surface area contributed by atoms with Gasteiger partial charge in [0.05, 0.1) is 23.1 Å². The summed E-state index contributed by atoms with van der Waals surface area (Å²) in [6.45, 7) is 23.2. The highest BCUT2D eigenvalue weighted by molar-refractivity contribution is 8.00. The summed E-state index contributed by atoms with van der Waals surface area (Å²) in [7, 11) is 0. The van der Waals surface area contributed by atoms with E-state index in [0.717, 1.165) is 49.5 Å². The van der Waals surface area contributed by atoms with Crippen molar-refractivity contribution in [1.29, 1.82) is 0 Å². The quantitative estimate of drug-likeness (QED) is 0.0172. The predicted molar refractivity (Wildman–Crippen MR) is 373 cm³/mol. The fourth-order valence-electron chi connectivity index (χ4n) is 12.1. The van der Waals surface area contributed by atoms with E-state index in [1.165, 1.54) is 85.3 Å². The minimum Gasteiger partial charge on any atom is -0.481 e. The van der Waals surface area contributed by atoms with Crippen LogP contribution in [0.15, 0.2) is 85.0 Å². The SMILES string of the molecule is CCN1C(=CC=CC=CC2=[N+](CCCCCC(=O)NCCN3C(=O)CC(SC[C@H](NC(=O)[C@H](C)NC(=O)[C@H](C)NC(=O)[C@H](C)NC(=O)[C@@H](NC(=O)[C@H](Cc4cnc[nH]4)NC(=O)[C@H](CCC(=O)O)NC(C)=O)[C@@H](C)O)C(N)=O)C3=O)c3ccc(C)cc3C2(C)C)C(C)(C)c2cc(C)ccc21. The summed E-state index contributed by atoms with van der Waals surface area (Å²) in [6.07, 6.45) is 13.1. The van der Waals surface area contributed by atoms with Crippen LogP contribution in [0.1, 0.15) is 142 Å². The van der Waals surface area contributed by atoms with Crippen molar-refractivity contribution in [2.75, 3.05) is 36.8 Å². The third kappa shape index (κ3) is 21.0. The fourth-order valence-corrected chi connectivity index (χ4v) is 13.3. The maximum Gasteiger partial charge on any atom is 0.303 e. The van der Waals surface area contributed by atoms with Gasteiger partial charge in [0.1, 0.15) is 48.8 Å². The number of aliphatic hydroxyl groups is 1. The van der Waals surface area contributed by atoms with Crippen molar-refractivity contribution in [3.05, 3.63) is 113 Å². The molecule has 99 heavy (non-hydrogen) atoms. The lowest BCUT2D eigenvalue weighted by atomic mass is 9.81. The zero-order valence-electron chi connectivity index (χ0n) is 58.5. The van der Waals surface area contributed by atoms with Gasteiger partial charge in [-0.1, -0.05) is 61.4 Å². The number of primary amides is 1. The van der Waals surface area contributed by atoms with Gasteiger partial charge in [0, 0.05) is 111 Å². The summed E-state index contributed by atoms with van der Waals surface area (Å²) in [5.74, 6) is -9.91. The molecule has 3 aliphatic rings. The number of nitrogens with zero attached hydrogens (tertiary/aromatic N) is 4. The number of aromatic nitrogens is 2. The molecule has 536 valence electrons. The van der Waals surface area contributed by atoms with Crippen LogP contribution in [0.2, 0.25) is 0 Å². The van der Waals surface area contributed by atoms with E-state index in [1.54, 1.807) is 0 Å². The topological polar surface area (TPSA) is 406 Å². The second kappa shape index (κ2) is 35.3. The van der Waals surface area contributed by atoms with Gasteiger partial charge in [-0.2, -0.15) is 4.58 Å². The Kier molecular flexibility index (Phi) is 28.0. The molecule has 3 aliphatic heterocycles. The summed E-state index contributed by atoms with van der Waals surface area (Å²) >= 11 is 0.932. The van der Waals surface area contributed by atoms with Crippen molar-refractivity contribution < 1.29 is 72.3 Å². The lowest BCUT2D eigenvalue weighted by Crippen LogP contribution is -2.61. The van der Waals surface area contributed by atoms with Gasteiger partial charge in [-0.05, 0) is 105 Å².